The average Bonchev–Trinajstić information content (AvgIpc) is 2.58. The van der Waals surface area contributed by atoms with E-state index in [2.05, 4.69) is 23.4 Å². The Balaban J connectivity index is 2.72. The number of aromatic hydroxyl groups is 1. The van der Waals surface area contributed by atoms with Gasteiger partial charge in [0.2, 0.25) is 0 Å². The number of benzene rings is 1. The second kappa shape index (κ2) is 4.14. The smallest absolute Gasteiger partial charge is 0.141 e. The summed E-state index contributed by atoms with van der Waals surface area (Å²) in [6.45, 7) is 4.72. The highest BCUT2D eigenvalue weighted by Gasteiger charge is 2.15. The predicted octanol–water partition coefficient (Wildman–Crippen LogP) is 1.82. The lowest BCUT2D eigenvalue weighted by Crippen LogP contribution is -2.11. The van der Waals surface area contributed by atoms with Crippen molar-refractivity contribution in [2.75, 3.05) is 6.54 Å². The van der Waals surface area contributed by atoms with Crippen LogP contribution >= 0.6 is 0 Å². The highest BCUT2D eigenvalue weighted by molar-refractivity contribution is 5.82. The minimum atomic E-state index is 0.264. The van der Waals surface area contributed by atoms with Crippen LogP contribution in [0.15, 0.2) is 18.2 Å². The number of phenols is 1. The van der Waals surface area contributed by atoms with Crippen molar-refractivity contribution in [1.29, 1.82) is 0 Å². The van der Waals surface area contributed by atoms with Gasteiger partial charge in [-0.05, 0) is 32.5 Å². The number of aromatic nitrogens is 2. The van der Waals surface area contributed by atoms with Crippen LogP contribution < -0.4 is 5.73 Å². The number of rotatable bonds is 3. The number of fused-ring (bicyclic) bond motifs is 1. The molecule has 2 rings (SSSR count). The molecule has 1 aromatic carbocycles. The summed E-state index contributed by atoms with van der Waals surface area (Å²) in [6, 6.07) is 5.67. The van der Waals surface area contributed by atoms with Crippen molar-refractivity contribution in [2.24, 2.45) is 5.73 Å². The molecule has 0 saturated heterocycles. The molecular formula is C12H17N3O. The summed E-state index contributed by atoms with van der Waals surface area (Å²) in [4.78, 5) is 4.51. The van der Waals surface area contributed by atoms with Gasteiger partial charge in [0.1, 0.15) is 17.1 Å². The fourth-order valence-electron chi connectivity index (χ4n) is 2.04. The Hall–Kier alpha value is -1.55. The molecule has 0 saturated carbocycles. The zero-order chi connectivity index (χ0) is 11.7. The molecule has 0 aliphatic heterocycles. The largest absolute Gasteiger partial charge is 0.506 e. The van der Waals surface area contributed by atoms with E-state index in [1.165, 1.54) is 0 Å². The van der Waals surface area contributed by atoms with Crippen molar-refractivity contribution in [2.45, 2.75) is 26.3 Å². The molecule has 0 bridgehead atoms. The van der Waals surface area contributed by atoms with E-state index in [4.69, 9.17) is 5.73 Å². The van der Waals surface area contributed by atoms with Crippen molar-refractivity contribution < 1.29 is 5.11 Å². The Kier molecular flexibility index (Phi) is 2.83. The quantitative estimate of drug-likeness (QED) is 0.827. The van der Waals surface area contributed by atoms with E-state index in [0.29, 0.717) is 6.54 Å². The first-order valence-corrected chi connectivity index (χ1v) is 5.54. The van der Waals surface area contributed by atoms with Crippen LogP contribution in [-0.4, -0.2) is 21.2 Å². The molecule has 1 heterocycles. The number of imidazole rings is 1. The average molecular weight is 219 g/mol. The van der Waals surface area contributed by atoms with Gasteiger partial charge < -0.3 is 15.4 Å². The van der Waals surface area contributed by atoms with E-state index in [9.17, 15) is 5.11 Å². The van der Waals surface area contributed by atoms with Crippen molar-refractivity contribution in [1.82, 2.24) is 9.55 Å². The van der Waals surface area contributed by atoms with Crippen molar-refractivity contribution >= 4 is 11.0 Å². The number of nitrogens with two attached hydrogens (primary N) is 1. The van der Waals surface area contributed by atoms with Gasteiger partial charge in [-0.15, -0.1) is 0 Å². The van der Waals surface area contributed by atoms with E-state index in [1.54, 1.807) is 6.07 Å². The van der Waals surface area contributed by atoms with E-state index in [1.807, 2.05) is 12.1 Å². The molecule has 4 nitrogen and oxygen atoms in total. The van der Waals surface area contributed by atoms with Gasteiger partial charge >= 0.3 is 0 Å². The first-order chi connectivity index (χ1) is 7.65. The molecule has 1 aromatic heterocycles. The minimum Gasteiger partial charge on any atom is -0.506 e. The van der Waals surface area contributed by atoms with E-state index in [0.717, 1.165) is 23.3 Å². The van der Waals surface area contributed by atoms with Gasteiger partial charge in [-0.25, -0.2) is 4.98 Å². The molecule has 0 fully saturated rings. The molecule has 86 valence electrons. The van der Waals surface area contributed by atoms with Gasteiger partial charge in [0, 0.05) is 12.5 Å². The van der Waals surface area contributed by atoms with Crippen LogP contribution in [0.1, 0.15) is 25.7 Å². The second-order valence-corrected chi connectivity index (χ2v) is 4.18. The maximum absolute atomic E-state index is 9.89. The Bertz CT molecular complexity index is 502. The van der Waals surface area contributed by atoms with Gasteiger partial charge in [0.05, 0.1) is 5.52 Å². The maximum Gasteiger partial charge on any atom is 0.141 e. The van der Waals surface area contributed by atoms with Gasteiger partial charge in [-0.3, -0.25) is 0 Å². The number of hydrogen-bond acceptors (Lipinski definition) is 3. The molecule has 3 N–H and O–H groups in total. The fraction of sp³-hybridized carbons (Fsp3) is 0.417. The number of phenolic OH excluding ortho intramolecular Hbond substituents is 1. The van der Waals surface area contributed by atoms with Crippen LogP contribution in [0.5, 0.6) is 5.75 Å². The van der Waals surface area contributed by atoms with E-state index >= 15 is 0 Å². The number of nitrogens with zero attached hydrogens (tertiary/aromatic N) is 2. The molecule has 0 radical (unpaired) electrons. The number of hydrogen-bond donors (Lipinski definition) is 2. The van der Waals surface area contributed by atoms with Crippen LogP contribution in [0.25, 0.3) is 11.0 Å². The summed E-state index contributed by atoms with van der Waals surface area (Å²) in [7, 11) is 0. The Labute approximate surface area is 94.7 Å². The fourth-order valence-corrected chi connectivity index (χ4v) is 2.04. The lowest BCUT2D eigenvalue weighted by atomic mass is 10.2. The topological polar surface area (TPSA) is 64.1 Å². The third-order valence-electron chi connectivity index (χ3n) is 2.65. The zero-order valence-corrected chi connectivity index (χ0v) is 9.64. The lowest BCUT2D eigenvalue weighted by Gasteiger charge is -2.13. The summed E-state index contributed by atoms with van der Waals surface area (Å²) in [6.07, 6.45) is 0.728. The molecule has 4 heteroatoms. The van der Waals surface area contributed by atoms with E-state index < -0.39 is 0 Å². The first-order valence-electron chi connectivity index (χ1n) is 5.54. The standard InChI is InChI=1S/C12H17N3O/c1-8(2)15-11(6-7-13)14-9-4-3-5-10(16)12(9)15/h3-5,8,16H,6-7,13H2,1-2H3. The third kappa shape index (κ3) is 1.65. The van der Waals surface area contributed by atoms with Crippen LogP contribution in [0, 0.1) is 0 Å². The monoisotopic (exact) mass is 219 g/mol. The molecule has 0 atom stereocenters. The van der Waals surface area contributed by atoms with Crippen molar-refractivity contribution in [3.63, 3.8) is 0 Å². The van der Waals surface area contributed by atoms with Gasteiger partial charge in [0.25, 0.3) is 0 Å². The number of para-hydroxylation sites is 1. The minimum absolute atomic E-state index is 0.264. The second-order valence-electron chi connectivity index (χ2n) is 4.18. The van der Waals surface area contributed by atoms with Crippen LogP contribution in [0.4, 0.5) is 0 Å². The SMILES string of the molecule is CC(C)n1c(CCN)nc2cccc(O)c21. The summed E-state index contributed by atoms with van der Waals surface area (Å²) in [5.74, 6) is 1.22. The molecule has 0 aliphatic carbocycles. The van der Waals surface area contributed by atoms with Gasteiger partial charge in [0.15, 0.2) is 0 Å². The molecular weight excluding hydrogens is 202 g/mol. The van der Waals surface area contributed by atoms with E-state index in [-0.39, 0.29) is 11.8 Å². The summed E-state index contributed by atoms with van der Waals surface area (Å²) in [5, 5.41) is 9.89. The van der Waals surface area contributed by atoms with Gasteiger partial charge in [-0.1, -0.05) is 6.07 Å². The van der Waals surface area contributed by atoms with Crippen LogP contribution in [0.2, 0.25) is 0 Å². The molecule has 0 amide bonds. The molecule has 16 heavy (non-hydrogen) atoms. The zero-order valence-electron chi connectivity index (χ0n) is 9.64. The van der Waals surface area contributed by atoms with Crippen LogP contribution in [-0.2, 0) is 6.42 Å². The summed E-state index contributed by atoms with van der Waals surface area (Å²) in [5.41, 5.74) is 7.21. The summed E-state index contributed by atoms with van der Waals surface area (Å²) < 4.78 is 2.05. The highest BCUT2D eigenvalue weighted by atomic mass is 16.3. The molecule has 0 aliphatic rings. The predicted molar refractivity (Wildman–Crippen MR) is 64.5 cm³/mol. The van der Waals surface area contributed by atoms with Crippen LogP contribution in [0.3, 0.4) is 0 Å². The Morgan fingerprint density at radius 2 is 2.19 bits per heavy atom. The lowest BCUT2D eigenvalue weighted by molar-refractivity contribution is 0.473. The molecule has 2 aromatic rings. The van der Waals surface area contributed by atoms with Crippen molar-refractivity contribution in [3.8, 4) is 5.75 Å². The third-order valence-corrected chi connectivity index (χ3v) is 2.65. The van der Waals surface area contributed by atoms with Gasteiger partial charge in [-0.2, -0.15) is 0 Å². The van der Waals surface area contributed by atoms with Crippen molar-refractivity contribution in [3.05, 3.63) is 24.0 Å². The summed E-state index contributed by atoms with van der Waals surface area (Å²) >= 11 is 0. The first kappa shape index (κ1) is 11.0. The Morgan fingerprint density at radius 1 is 1.44 bits per heavy atom. The highest BCUT2D eigenvalue weighted by Crippen LogP contribution is 2.28. The Morgan fingerprint density at radius 3 is 2.81 bits per heavy atom. The normalized spacial score (nSPS) is 11.5. The maximum atomic E-state index is 9.89. The molecule has 0 spiro atoms. The molecule has 0 unspecified atom stereocenters.